The topological polar surface area (TPSA) is 69.7 Å². The van der Waals surface area contributed by atoms with E-state index in [1.807, 2.05) is 53.4 Å². The minimum absolute atomic E-state index is 0.0714. The van der Waals surface area contributed by atoms with Crippen LogP contribution in [0.15, 0.2) is 58.3 Å². The summed E-state index contributed by atoms with van der Waals surface area (Å²) in [4.78, 5) is 4.23. The van der Waals surface area contributed by atoms with Gasteiger partial charge in [-0.05, 0) is 48.5 Å². The van der Waals surface area contributed by atoms with Gasteiger partial charge in [0.1, 0.15) is 0 Å². The number of benzene rings is 2. The highest BCUT2D eigenvalue weighted by Gasteiger charge is 2.05. The first-order valence-electron chi connectivity index (χ1n) is 6.83. The van der Waals surface area contributed by atoms with Gasteiger partial charge in [0.25, 0.3) is 0 Å². The van der Waals surface area contributed by atoms with Crippen LogP contribution in [0.2, 0.25) is 0 Å². The Morgan fingerprint density at radius 1 is 0.810 bits per heavy atom. The molecule has 2 aromatic rings. The van der Waals surface area contributed by atoms with E-state index < -0.39 is 0 Å². The molecule has 5 heteroatoms. The third-order valence-corrected chi connectivity index (χ3v) is 4.07. The molecular formula is C16H20N2O2S. The smallest absolute Gasteiger partial charge is 0.0606 e. The van der Waals surface area contributed by atoms with Crippen molar-refractivity contribution in [1.82, 2.24) is 0 Å². The van der Waals surface area contributed by atoms with Crippen molar-refractivity contribution < 1.29 is 10.2 Å². The second-order valence-corrected chi connectivity index (χ2v) is 5.75. The Morgan fingerprint density at radius 3 is 1.76 bits per heavy atom. The van der Waals surface area contributed by atoms with Crippen LogP contribution >= 0.6 is 11.8 Å². The Bertz CT molecular complexity index is 537. The standard InChI is InChI=1S/C16H20N2O2S/c17-13-1-5-15(6-2-13)21-16-7-3-14(4-8-16)18(9-11-19)10-12-20/h1-8,19-20H,9-12,17H2. The summed E-state index contributed by atoms with van der Waals surface area (Å²) in [7, 11) is 0. The van der Waals surface area contributed by atoms with Crippen molar-refractivity contribution in [1.29, 1.82) is 0 Å². The number of hydrogen-bond donors (Lipinski definition) is 3. The van der Waals surface area contributed by atoms with Crippen LogP contribution in [0.5, 0.6) is 0 Å². The van der Waals surface area contributed by atoms with Gasteiger partial charge in [0.15, 0.2) is 0 Å². The van der Waals surface area contributed by atoms with Crippen molar-refractivity contribution in [2.24, 2.45) is 0 Å². The van der Waals surface area contributed by atoms with Crippen LogP contribution in [0, 0.1) is 0 Å². The molecule has 0 atom stereocenters. The van der Waals surface area contributed by atoms with Gasteiger partial charge in [0, 0.05) is 34.3 Å². The van der Waals surface area contributed by atoms with Gasteiger partial charge in [-0.1, -0.05) is 11.8 Å². The lowest BCUT2D eigenvalue weighted by molar-refractivity contribution is 0.281. The number of nitrogen functional groups attached to an aromatic ring is 1. The number of aliphatic hydroxyl groups excluding tert-OH is 2. The van der Waals surface area contributed by atoms with E-state index in [1.54, 1.807) is 11.8 Å². The van der Waals surface area contributed by atoms with E-state index in [2.05, 4.69) is 0 Å². The van der Waals surface area contributed by atoms with Crippen LogP contribution in [0.4, 0.5) is 11.4 Å². The molecule has 2 aromatic carbocycles. The van der Waals surface area contributed by atoms with Crippen molar-refractivity contribution in [3.63, 3.8) is 0 Å². The Morgan fingerprint density at radius 2 is 1.29 bits per heavy atom. The molecule has 0 radical (unpaired) electrons. The first kappa shape index (κ1) is 15.7. The Kier molecular flexibility index (Phi) is 5.92. The first-order chi connectivity index (χ1) is 10.2. The molecular weight excluding hydrogens is 284 g/mol. The SMILES string of the molecule is Nc1ccc(Sc2ccc(N(CCO)CCO)cc2)cc1. The highest BCUT2D eigenvalue weighted by molar-refractivity contribution is 7.99. The molecule has 21 heavy (non-hydrogen) atoms. The molecule has 0 aliphatic heterocycles. The van der Waals surface area contributed by atoms with Gasteiger partial charge in [-0.2, -0.15) is 0 Å². The average Bonchev–Trinajstić information content (AvgIpc) is 2.50. The Balaban J connectivity index is 2.05. The molecule has 0 amide bonds. The highest BCUT2D eigenvalue weighted by Crippen LogP contribution is 2.29. The van der Waals surface area contributed by atoms with Crippen molar-refractivity contribution >= 4 is 23.1 Å². The third-order valence-electron chi connectivity index (χ3n) is 3.06. The molecule has 0 saturated heterocycles. The second kappa shape index (κ2) is 7.93. The van der Waals surface area contributed by atoms with E-state index >= 15 is 0 Å². The number of aliphatic hydroxyl groups is 2. The lowest BCUT2D eigenvalue weighted by Gasteiger charge is -2.23. The van der Waals surface area contributed by atoms with Crippen LogP contribution in [0.1, 0.15) is 0 Å². The summed E-state index contributed by atoms with van der Waals surface area (Å²) in [5.41, 5.74) is 7.44. The zero-order chi connectivity index (χ0) is 15.1. The van der Waals surface area contributed by atoms with E-state index in [0.717, 1.165) is 21.2 Å². The fourth-order valence-corrected chi connectivity index (χ4v) is 2.82. The molecule has 4 nitrogen and oxygen atoms in total. The Labute approximate surface area is 129 Å². The predicted molar refractivity (Wildman–Crippen MR) is 87.8 cm³/mol. The van der Waals surface area contributed by atoms with Crippen LogP contribution in [0.3, 0.4) is 0 Å². The number of anilines is 2. The minimum Gasteiger partial charge on any atom is -0.399 e. The van der Waals surface area contributed by atoms with Gasteiger partial charge in [-0.3, -0.25) is 0 Å². The summed E-state index contributed by atoms with van der Waals surface area (Å²) in [6, 6.07) is 15.9. The molecule has 2 rings (SSSR count). The predicted octanol–water partition coefficient (Wildman–Crippen LogP) is 2.21. The van der Waals surface area contributed by atoms with Gasteiger partial charge < -0.3 is 20.8 Å². The molecule has 0 fully saturated rings. The van der Waals surface area contributed by atoms with Crippen molar-refractivity contribution in [3.05, 3.63) is 48.5 Å². The van der Waals surface area contributed by atoms with Crippen LogP contribution < -0.4 is 10.6 Å². The molecule has 112 valence electrons. The molecule has 0 aliphatic rings. The number of nitrogens with zero attached hydrogens (tertiary/aromatic N) is 1. The summed E-state index contributed by atoms with van der Waals surface area (Å²) in [6.45, 7) is 1.18. The van der Waals surface area contributed by atoms with Crippen LogP contribution in [0.25, 0.3) is 0 Å². The summed E-state index contributed by atoms with van der Waals surface area (Å²) in [6.07, 6.45) is 0. The minimum atomic E-state index is 0.0714. The Hall–Kier alpha value is -1.69. The zero-order valence-electron chi connectivity index (χ0n) is 11.8. The highest BCUT2D eigenvalue weighted by atomic mass is 32.2. The fraction of sp³-hybridized carbons (Fsp3) is 0.250. The van der Waals surface area contributed by atoms with Gasteiger partial charge in [-0.15, -0.1) is 0 Å². The number of rotatable bonds is 7. The van der Waals surface area contributed by atoms with E-state index in [0.29, 0.717) is 13.1 Å². The molecule has 4 N–H and O–H groups in total. The fourth-order valence-electron chi connectivity index (χ4n) is 2.01. The summed E-state index contributed by atoms with van der Waals surface area (Å²) in [5.74, 6) is 0. The van der Waals surface area contributed by atoms with Crippen LogP contribution in [-0.4, -0.2) is 36.5 Å². The number of nitrogens with two attached hydrogens (primary N) is 1. The van der Waals surface area contributed by atoms with Crippen molar-refractivity contribution in [3.8, 4) is 0 Å². The van der Waals surface area contributed by atoms with E-state index in [9.17, 15) is 0 Å². The monoisotopic (exact) mass is 304 g/mol. The second-order valence-electron chi connectivity index (χ2n) is 4.60. The maximum absolute atomic E-state index is 9.06. The molecule has 0 bridgehead atoms. The molecule has 0 heterocycles. The van der Waals surface area contributed by atoms with Crippen molar-refractivity contribution in [2.45, 2.75) is 9.79 Å². The van der Waals surface area contributed by atoms with Gasteiger partial charge in [0.05, 0.1) is 13.2 Å². The summed E-state index contributed by atoms with van der Waals surface area (Å²) >= 11 is 1.67. The van der Waals surface area contributed by atoms with Crippen molar-refractivity contribution in [2.75, 3.05) is 36.9 Å². The van der Waals surface area contributed by atoms with Gasteiger partial charge >= 0.3 is 0 Å². The lowest BCUT2D eigenvalue weighted by Crippen LogP contribution is -2.29. The van der Waals surface area contributed by atoms with E-state index in [4.69, 9.17) is 15.9 Å². The molecule has 0 saturated carbocycles. The molecule has 0 unspecified atom stereocenters. The maximum atomic E-state index is 9.06. The summed E-state index contributed by atoms with van der Waals surface area (Å²) < 4.78 is 0. The largest absolute Gasteiger partial charge is 0.399 e. The summed E-state index contributed by atoms with van der Waals surface area (Å²) in [5, 5.41) is 18.1. The maximum Gasteiger partial charge on any atom is 0.0606 e. The van der Waals surface area contributed by atoms with E-state index in [1.165, 1.54) is 0 Å². The molecule has 0 aromatic heterocycles. The normalized spacial score (nSPS) is 10.6. The number of hydrogen-bond acceptors (Lipinski definition) is 5. The van der Waals surface area contributed by atoms with Gasteiger partial charge in [-0.25, -0.2) is 0 Å². The zero-order valence-corrected chi connectivity index (χ0v) is 12.6. The lowest BCUT2D eigenvalue weighted by atomic mass is 10.3. The van der Waals surface area contributed by atoms with Crippen LogP contribution in [-0.2, 0) is 0 Å². The van der Waals surface area contributed by atoms with E-state index in [-0.39, 0.29) is 13.2 Å². The quantitative estimate of drug-likeness (QED) is 0.684. The van der Waals surface area contributed by atoms with Gasteiger partial charge in [0.2, 0.25) is 0 Å². The molecule has 0 spiro atoms. The first-order valence-corrected chi connectivity index (χ1v) is 7.64. The average molecular weight is 304 g/mol. The third kappa shape index (κ3) is 4.67. The molecule has 0 aliphatic carbocycles.